The van der Waals surface area contributed by atoms with Crippen LogP contribution in [0.15, 0.2) is 48.5 Å². The Kier molecular flexibility index (Phi) is 4.04. The first-order valence-electron chi connectivity index (χ1n) is 9.59. The summed E-state index contributed by atoms with van der Waals surface area (Å²) < 4.78 is 6.39. The van der Waals surface area contributed by atoms with E-state index in [-0.39, 0.29) is 18.0 Å². The second-order valence-electron chi connectivity index (χ2n) is 7.86. The number of halogens is 1. The molecule has 4 nitrogen and oxygen atoms in total. The Hall–Kier alpha value is -1.88. The summed E-state index contributed by atoms with van der Waals surface area (Å²) in [6.07, 6.45) is 1.41. The van der Waals surface area contributed by atoms with Crippen LogP contribution in [0.2, 0.25) is 5.02 Å². The van der Waals surface area contributed by atoms with Crippen LogP contribution in [0.25, 0.3) is 0 Å². The van der Waals surface area contributed by atoms with Crippen molar-refractivity contribution < 1.29 is 9.53 Å². The average Bonchev–Trinajstić information content (AvgIpc) is 3.28. The van der Waals surface area contributed by atoms with Gasteiger partial charge in [0.1, 0.15) is 0 Å². The van der Waals surface area contributed by atoms with Crippen molar-refractivity contribution in [3.8, 4) is 0 Å². The van der Waals surface area contributed by atoms with Gasteiger partial charge in [0.2, 0.25) is 5.91 Å². The fourth-order valence-corrected chi connectivity index (χ4v) is 5.32. The summed E-state index contributed by atoms with van der Waals surface area (Å²) in [6.45, 7) is 4.45. The molecule has 140 valence electrons. The van der Waals surface area contributed by atoms with Crippen LogP contribution in [0.1, 0.15) is 35.6 Å². The summed E-state index contributed by atoms with van der Waals surface area (Å²) in [6, 6.07) is 16.5. The molecule has 3 atom stereocenters. The number of ether oxygens (including phenoxy) is 1. The number of carbonyl (C=O) groups excluding carboxylic acids is 1. The molecule has 0 bridgehead atoms. The van der Waals surface area contributed by atoms with E-state index >= 15 is 0 Å². The number of nitrogens with zero attached hydrogens (tertiary/aromatic N) is 2. The highest BCUT2D eigenvalue weighted by Crippen LogP contribution is 2.51. The molecule has 0 saturated carbocycles. The Bertz CT molecular complexity index is 887. The lowest BCUT2D eigenvalue weighted by molar-refractivity contribution is -0.138. The van der Waals surface area contributed by atoms with Gasteiger partial charge in [0.15, 0.2) is 5.72 Å². The van der Waals surface area contributed by atoms with Crippen molar-refractivity contribution in [3.05, 3.63) is 70.2 Å². The Morgan fingerprint density at radius 2 is 2.04 bits per heavy atom. The number of amides is 1. The summed E-state index contributed by atoms with van der Waals surface area (Å²) in [5, 5.41) is 0.765. The second-order valence-corrected chi connectivity index (χ2v) is 8.29. The number of benzene rings is 2. The molecule has 3 aliphatic rings. The summed E-state index contributed by atoms with van der Waals surface area (Å²) in [4.78, 5) is 17.4. The Balaban J connectivity index is 1.42. The molecule has 0 aliphatic carbocycles. The molecule has 2 aromatic carbocycles. The van der Waals surface area contributed by atoms with Gasteiger partial charge in [-0.05, 0) is 35.7 Å². The zero-order valence-electron chi connectivity index (χ0n) is 15.4. The molecule has 0 unspecified atom stereocenters. The Morgan fingerprint density at radius 1 is 1.22 bits per heavy atom. The highest BCUT2D eigenvalue weighted by atomic mass is 35.5. The molecule has 1 amide bonds. The van der Waals surface area contributed by atoms with Gasteiger partial charge >= 0.3 is 0 Å². The van der Waals surface area contributed by atoms with Gasteiger partial charge in [-0.25, -0.2) is 0 Å². The summed E-state index contributed by atoms with van der Waals surface area (Å²) in [5.74, 6) is 0.212. The van der Waals surface area contributed by atoms with Gasteiger partial charge < -0.3 is 9.64 Å². The van der Waals surface area contributed by atoms with Crippen LogP contribution < -0.4 is 0 Å². The van der Waals surface area contributed by atoms with E-state index in [0.717, 1.165) is 30.1 Å². The van der Waals surface area contributed by atoms with E-state index in [2.05, 4.69) is 30.0 Å². The predicted molar refractivity (Wildman–Crippen MR) is 104 cm³/mol. The highest BCUT2D eigenvalue weighted by Gasteiger charge is 2.64. The molecule has 3 saturated heterocycles. The summed E-state index contributed by atoms with van der Waals surface area (Å²) in [7, 11) is 0. The predicted octanol–water partition coefficient (Wildman–Crippen LogP) is 3.92. The maximum absolute atomic E-state index is 13.0. The molecule has 2 aromatic rings. The maximum atomic E-state index is 13.0. The number of rotatable bonds is 3. The molecule has 5 rings (SSSR count). The monoisotopic (exact) mass is 382 g/mol. The van der Waals surface area contributed by atoms with E-state index in [9.17, 15) is 4.79 Å². The minimum Gasteiger partial charge on any atom is -0.351 e. The largest absolute Gasteiger partial charge is 0.351 e. The fraction of sp³-hybridized carbons (Fsp3) is 0.409. The van der Waals surface area contributed by atoms with Crippen molar-refractivity contribution in [2.75, 3.05) is 13.2 Å². The average molecular weight is 383 g/mol. The lowest BCUT2D eigenvalue weighted by Gasteiger charge is -2.33. The minimum atomic E-state index is -0.460. The van der Waals surface area contributed by atoms with Crippen LogP contribution in [-0.2, 0) is 16.1 Å². The highest BCUT2D eigenvalue weighted by molar-refractivity contribution is 6.30. The minimum absolute atomic E-state index is 0.0286. The van der Waals surface area contributed by atoms with Crippen molar-refractivity contribution >= 4 is 17.5 Å². The standard InChI is InChI=1S/C22H23ClN2O2/c1-15-11-18(23)8-7-17(15)13-24-10-9-22-20(24)12-21(26)25(22)19(14-27-22)16-5-3-2-4-6-16/h2-8,11,19-20H,9-10,12-14H2,1H3/t19-,20+,22-/m0/s1. The summed E-state index contributed by atoms with van der Waals surface area (Å²) >= 11 is 6.10. The third kappa shape index (κ3) is 2.62. The van der Waals surface area contributed by atoms with Crippen LogP contribution in [0.5, 0.6) is 0 Å². The fourth-order valence-electron chi connectivity index (χ4n) is 5.09. The number of hydrogen-bond acceptors (Lipinski definition) is 3. The van der Waals surface area contributed by atoms with Gasteiger partial charge in [-0.2, -0.15) is 0 Å². The van der Waals surface area contributed by atoms with Crippen molar-refractivity contribution in [2.24, 2.45) is 0 Å². The molecule has 0 radical (unpaired) electrons. The smallest absolute Gasteiger partial charge is 0.227 e. The zero-order valence-corrected chi connectivity index (χ0v) is 16.2. The second kappa shape index (κ2) is 6.33. The van der Waals surface area contributed by atoms with Crippen LogP contribution in [-0.4, -0.2) is 40.6 Å². The lowest BCUT2D eigenvalue weighted by Crippen LogP contribution is -2.48. The van der Waals surface area contributed by atoms with E-state index in [4.69, 9.17) is 16.3 Å². The first-order valence-corrected chi connectivity index (χ1v) is 9.96. The maximum Gasteiger partial charge on any atom is 0.227 e. The van der Waals surface area contributed by atoms with Gasteiger partial charge in [0.05, 0.1) is 18.7 Å². The molecule has 5 heteroatoms. The molecule has 0 N–H and O–H groups in total. The van der Waals surface area contributed by atoms with E-state index < -0.39 is 5.72 Å². The van der Waals surface area contributed by atoms with E-state index in [1.807, 2.05) is 35.2 Å². The first kappa shape index (κ1) is 17.2. The van der Waals surface area contributed by atoms with Crippen molar-refractivity contribution in [1.82, 2.24) is 9.80 Å². The molecule has 27 heavy (non-hydrogen) atoms. The van der Waals surface area contributed by atoms with Gasteiger partial charge in [0.25, 0.3) is 0 Å². The molecule has 3 fully saturated rings. The van der Waals surface area contributed by atoms with Crippen molar-refractivity contribution in [1.29, 1.82) is 0 Å². The van der Waals surface area contributed by atoms with E-state index in [0.29, 0.717) is 13.0 Å². The molecular formula is C22H23ClN2O2. The van der Waals surface area contributed by atoms with E-state index in [1.54, 1.807) is 0 Å². The SMILES string of the molecule is Cc1cc(Cl)ccc1CN1CC[C@@]23OC[C@@H](c4ccccc4)N2C(=O)C[C@@H]13. The van der Waals surface area contributed by atoms with Gasteiger partial charge in [-0.15, -0.1) is 0 Å². The number of likely N-dealkylation sites (tertiary alicyclic amines) is 1. The molecule has 0 aromatic heterocycles. The van der Waals surface area contributed by atoms with Gasteiger partial charge in [0, 0.05) is 31.0 Å². The van der Waals surface area contributed by atoms with Crippen LogP contribution in [0.4, 0.5) is 0 Å². The van der Waals surface area contributed by atoms with Crippen LogP contribution in [0.3, 0.4) is 0 Å². The number of hydrogen-bond donors (Lipinski definition) is 0. The first-order chi connectivity index (χ1) is 13.1. The third-order valence-corrected chi connectivity index (χ3v) is 6.66. The zero-order chi connectivity index (χ0) is 18.6. The Morgan fingerprint density at radius 3 is 2.81 bits per heavy atom. The number of carbonyl (C=O) groups is 1. The van der Waals surface area contributed by atoms with E-state index in [1.165, 1.54) is 11.1 Å². The van der Waals surface area contributed by atoms with Crippen LogP contribution in [0, 0.1) is 6.92 Å². The molecular weight excluding hydrogens is 360 g/mol. The van der Waals surface area contributed by atoms with Crippen molar-refractivity contribution in [2.45, 2.75) is 44.1 Å². The topological polar surface area (TPSA) is 32.8 Å². The number of aryl methyl sites for hydroxylation is 1. The van der Waals surface area contributed by atoms with Gasteiger partial charge in [-0.1, -0.05) is 48.0 Å². The third-order valence-electron chi connectivity index (χ3n) is 6.43. The van der Waals surface area contributed by atoms with Crippen LogP contribution >= 0.6 is 11.6 Å². The molecule has 1 spiro atoms. The Labute approximate surface area is 164 Å². The quantitative estimate of drug-likeness (QED) is 0.806. The summed E-state index contributed by atoms with van der Waals surface area (Å²) in [5.41, 5.74) is 3.16. The molecule has 3 heterocycles. The van der Waals surface area contributed by atoms with Crippen molar-refractivity contribution in [3.63, 3.8) is 0 Å². The van der Waals surface area contributed by atoms with Gasteiger partial charge in [-0.3, -0.25) is 9.69 Å². The normalized spacial score (nSPS) is 30.0. The molecule has 3 aliphatic heterocycles. The lowest BCUT2D eigenvalue weighted by atomic mass is 10.0.